The molecule has 0 atom stereocenters. The highest BCUT2D eigenvalue weighted by atomic mass is 32.1. The summed E-state index contributed by atoms with van der Waals surface area (Å²) in [6, 6.07) is 7.37. The first kappa shape index (κ1) is 16.0. The second-order valence-corrected chi connectivity index (χ2v) is 4.76. The maximum atomic E-state index is 11.6. The molecule has 0 bridgehead atoms. The third kappa shape index (κ3) is 4.51. The van der Waals surface area contributed by atoms with E-state index in [1.54, 1.807) is 6.07 Å². The van der Waals surface area contributed by atoms with Crippen LogP contribution in [0.2, 0.25) is 0 Å². The van der Waals surface area contributed by atoms with Crippen molar-refractivity contribution in [2.45, 2.75) is 20.3 Å². The van der Waals surface area contributed by atoms with Gasteiger partial charge < -0.3 is 9.64 Å². The van der Waals surface area contributed by atoms with Crippen molar-refractivity contribution in [3.63, 3.8) is 0 Å². The fourth-order valence-corrected chi connectivity index (χ4v) is 2.29. The molecular weight excluding hydrogens is 278 g/mol. The number of ether oxygens (including phenoxy) is 1. The van der Waals surface area contributed by atoms with Crippen molar-refractivity contribution < 1.29 is 9.53 Å². The maximum Gasteiger partial charge on any atom is 0.312 e. The molecule has 0 aromatic heterocycles. The first-order valence-electron chi connectivity index (χ1n) is 6.33. The van der Waals surface area contributed by atoms with E-state index in [0.717, 1.165) is 18.7 Å². The molecule has 0 aliphatic rings. The van der Waals surface area contributed by atoms with E-state index >= 15 is 0 Å². The zero-order chi connectivity index (χ0) is 14.3. The lowest BCUT2D eigenvalue weighted by atomic mass is 10.2. The summed E-state index contributed by atoms with van der Waals surface area (Å²) in [5, 5.41) is 0. The average Bonchev–Trinajstić information content (AvgIpc) is 2.40. The highest BCUT2D eigenvalue weighted by Gasteiger charge is 2.15. The Morgan fingerprint density at radius 2 is 1.95 bits per heavy atom. The molecular formula is C14H19NO2S2. The summed E-state index contributed by atoms with van der Waals surface area (Å²) < 4.78 is 5.34. The van der Waals surface area contributed by atoms with E-state index in [-0.39, 0.29) is 12.4 Å². The molecule has 0 saturated carbocycles. The Morgan fingerprint density at radius 1 is 1.32 bits per heavy atom. The van der Waals surface area contributed by atoms with Crippen molar-refractivity contribution in [2.75, 3.05) is 18.8 Å². The summed E-state index contributed by atoms with van der Waals surface area (Å²) in [6.45, 7) is 5.75. The normalized spacial score (nSPS) is 10.1. The lowest BCUT2D eigenvalue weighted by Crippen LogP contribution is -2.30. The molecule has 0 saturated heterocycles. The van der Waals surface area contributed by atoms with Crippen LogP contribution in [0.4, 0.5) is 0 Å². The average molecular weight is 297 g/mol. The molecule has 5 heteroatoms. The largest absolute Gasteiger partial charge is 0.426 e. The molecule has 0 heterocycles. The Labute approximate surface area is 125 Å². The van der Waals surface area contributed by atoms with Crippen LogP contribution in [0.5, 0.6) is 5.75 Å². The molecule has 0 radical (unpaired) electrons. The van der Waals surface area contributed by atoms with Crippen molar-refractivity contribution >= 4 is 35.8 Å². The van der Waals surface area contributed by atoms with Crippen LogP contribution in [0.3, 0.4) is 0 Å². The van der Waals surface area contributed by atoms with Gasteiger partial charge in [0.05, 0.1) is 12.0 Å². The van der Waals surface area contributed by atoms with E-state index in [1.165, 1.54) is 0 Å². The zero-order valence-electron chi connectivity index (χ0n) is 11.3. The summed E-state index contributed by atoms with van der Waals surface area (Å²) in [6.07, 6.45) is 0.287. The molecule has 0 unspecified atom stereocenters. The van der Waals surface area contributed by atoms with E-state index in [2.05, 4.69) is 17.5 Å². The second-order valence-electron chi connectivity index (χ2n) is 3.92. The zero-order valence-corrected chi connectivity index (χ0v) is 13.0. The van der Waals surface area contributed by atoms with Crippen molar-refractivity contribution in [1.29, 1.82) is 0 Å². The van der Waals surface area contributed by atoms with Gasteiger partial charge in [-0.1, -0.05) is 24.4 Å². The molecule has 0 aliphatic carbocycles. The van der Waals surface area contributed by atoms with Crippen LogP contribution < -0.4 is 4.74 Å². The Morgan fingerprint density at radius 3 is 2.53 bits per heavy atom. The van der Waals surface area contributed by atoms with Crippen molar-refractivity contribution in [3.8, 4) is 5.75 Å². The molecule has 19 heavy (non-hydrogen) atoms. The molecule has 1 rings (SSSR count). The summed E-state index contributed by atoms with van der Waals surface area (Å²) in [7, 11) is 0. The summed E-state index contributed by atoms with van der Waals surface area (Å²) in [5.41, 5.74) is 0.786. The van der Waals surface area contributed by atoms with Crippen molar-refractivity contribution in [2.24, 2.45) is 0 Å². The molecule has 3 nitrogen and oxygen atoms in total. The highest BCUT2D eigenvalue weighted by molar-refractivity contribution is 7.80. The number of thiocarbonyl (C=S) groups is 1. The summed E-state index contributed by atoms with van der Waals surface area (Å²) in [4.78, 5) is 14.3. The first-order chi connectivity index (χ1) is 9.13. The van der Waals surface area contributed by atoms with Gasteiger partial charge in [0.1, 0.15) is 10.7 Å². The van der Waals surface area contributed by atoms with Gasteiger partial charge >= 0.3 is 5.97 Å². The Hall–Kier alpha value is -1.07. The predicted octanol–water partition coefficient (Wildman–Crippen LogP) is 2.93. The maximum absolute atomic E-state index is 11.6. The minimum absolute atomic E-state index is 0.287. The van der Waals surface area contributed by atoms with Gasteiger partial charge in [0, 0.05) is 18.8 Å². The van der Waals surface area contributed by atoms with E-state index < -0.39 is 0 Å². The third-order valence-corrected chi connectivity index (χ3v) is 3.41. The number of hydrogen-bond acceptors (Lipinski definition) is 4. The number of thiol groups is 1. The van der Waals surface area contributed by atoms with Gasteiger partial charge in [0.15, 0.2) is 0 Å². The number of rotatable bonds is 6. The first-order valence-corrected chi connectivity index (χ1v) is 7.37. The van der Waals surface area contributed by atoms with Gasteiger partial charge in [-0.2, -0.15) is 12.6 Å². The minimum atomic E-state index is -0.287. The van der Waals surface area contributed by atoms with Crippen LogP contribution in [0.15, 0.2) is 24.3 Å². The minimum Gasteiger partial charge on any atom is -0.426 e. The van der Waals surface area contributed by atoms with Gasteiger partial charge in [0.2, 0.25) is 0 Å². The Bertz CT molecular complexity index is 445. The molecule has 1 aromatic carbocycles. The van der Waals surface area contributed by atoms with Crippen molar-refractivity contribution in [1.82, 2.24) is 4.90 Å². The van der Waals surface area contributed by atoms with Gasteiger partial charge in [-0.05, 0) is 26.0 Å². The van der Waals surface area contributed by atoms with E-state index in [4.69, 9.17) is 17.0 Å². The third-order valence-electron chi connectivity index (χ3n) is 2.71. The van der Waals surface area contributed by atoms with Crippen LogP contribution in [0.25, 0.3) is 0 Å². The van der Waals surface area contributed by atoms with Gasteiger partial charge in [0.25, 0.3) is 0 Å². The Balaban J connectivity index is 2.95. The lowest BCUT2D eigenvalue weighted by molar-refractivity contribution is -0.133. The molecule has 0 aliphatic heterocycles. The van der Waals surface area contributed by atoms with Crippen LogP contribution in [-0.2, 0) is 4.79 Å². The number of para-hydroxylation sites is 1. The van der Waals surface area contributed by atoms with Gasteiger partial charge in [-0.3, -0.25) is 4.79 Å². The van der Waals surface area contributed by atoms with Crippen LogP contribution in [-0.4, -0.2) is 34.7 Å². The predicted molar refractivity (Wildman–Crippen MR) is 85.2 cm³/mol. The quantitative estimate of drug-likeness (QED) is 0.378. The number of hydrogen-bond donors (Lipinski definition) is 1. The fourth-order valence-electron chi connectivity index (χ4n) is 1.68. The molecule has 0 fully saturated rings. The second kappa shape index (κ2) is 8.17. The Kier molecular flexibility index (Phi) is 6.87. The van der Waals surface area contributed by atoms with Crippen LogP contribution in [0, 0.1) is 0 Å². The molecule has 0 spiro atoms. The number of esters is 1. The van der Waals surface area contributed by atoms with E-state index in [0.29, 0.717) is 16.5 Å². The topological polar surface area (TPSA) is 29.5 Å². The number of carbonyl (C=O) groups excluding carboxylic acids is 1. The highest BCUT2D eigenvalue weighted by Crippen LogP contribution is 2.21. The van der Waals surface area contributed by atoms with Gasteiger partial charge in [-0.15, -0.1) is 0 Å². The van der Waals surface area contributed by atoms with E-state index in [1.807, 2.05) is 32.0 Å². The fraction of sp³-hybridized carbons (Fsp3) is 0.429. The number of nitrogens with zero attached hydrogens (tertiary/aromatic N) is 1. The van der Waals surface area contributed by atoms with Gasteiger partial charge in [-0.25, -0.2) is 0 Å². The SMILES string of the molecule is CCN(CC)C(=S)c1ccccc1OC(=O)CCS. The molecule has 1 aromatic rings. The lowest BCUT2D eigenvalue weighted by Gasteiger charge is -2.23. The standard InChI is InChI=1S/C14H19NO2S2/c1-3-15(4-2)14(19)11-7-5-6-8-12(11)17-13(16)9-10-18/h5-8,18H,3-4,9-10H2,1-2H3. The molecule has 0 amide bonds. The molecule has 0 N–H and O–H groups in total. The monoisotopic (exact) mass is 297 g/mol. The van der Waals surface area contributed by atoms with Crippen molar-refractivity contribution in [3.05, 3.63) is 29.8 Å². The van der Waals surface area contributed by atoms with Crippen LogP contribution >= 0.6 is 24.8 Å². The molecule has 104 valence electrons. The van der Waals surface area contributed by atoms with Crippen LogP contribution in [0.1, 0.15) is 25.8 Å². The summed E-state index contributed by atoms with van der Waals surface area (Å²) >= 11 is 9.49. The number of benzene rings is 1. The smallest absolute Gasteiger partial charge is 0.312 e. The summed E-state index contributed by atoms with van der Waals surface area (Å²) in [5.74, 6) is 0.706. The van der Waals surface area contributed by atoms with E-state index in [9.17, 15) is 4.79 Å². The number of carbonyl (C=O) groups is 1.